The fourth-order valence-corrected chi connectivity index (χ4v) is 0.833. The molecular weight excluding hydrogens is 172 g/mol. The van der Waals surface area contributed by atoms with Crippen LogP contribution in [0.5, 0.6) is 0 Å². The molecule has 0 aliphatic rings. The molecule has 0 bridgehead atoms. The van der Waals surface area contributed by atoms with Crippen molar-refractivity contribution in [1.82, 2.24) is 5.32 Å². The van der Waals surface area contributed by atoms with Gasteiger partial charge in [0.2, 0.25) is 0 Å². The third-order valence-corrected chi connectivity index (χ3v) is 1.45. The van der Waals surface area contributed by atoms with Crippen molar-refractivity contribution < 1.29 is 0 Å². The Morgan fingerprint density at radius 2 is 2.14 bits per heavy atom. The van der Waals surface area contributed by atoms with Gasteiger partial charge in [-0.25, -0.2) is 0 Å². The zero-order valence-corrected chi connectivity index (χ0v) is 8.50. The Labute approximate surface area is 86.6 Å². The second-order valence-corrected chi connectivity index (χ2v) is 2.65. The second-order valence-electron chi connectivity index (χ2n) is 2.65. The van der Waals surface area contributed by atoms with E-state index >= 15 is 0 Å². The van der Waals surface area contributed by atoms with E-state index in [4.69, 9.17) is 5.73 Å². The highest BCUT2D eigenvalue weighted by atomic mass is 14.9. The molecule has 0 radical (unpaired) electrons. The first kappa shape index (κ1) is 12.7. The predicted octanol–water partition coefficient (Wildman–Crippen LogP) is 1.23. The summed E-state index contributed by atoms with van der Waals surface area (Å²) in [4.78, 5) is 0. The summed E-state index contributed by atoms with van der Waals surface area (Å²) in [5.74, 6) is 6.06. The van der Waals surface area contributed by atoms with Gasteiger partial charge in [-0.1, -0.05) is 36.1 Å². The number of nitrogens with one attached hydrogen (secondary N) is 1. The number of hydrogen-bond acceptors (Lipinski definition) is 2. The molecule has 0 aliphatic heterocycles. The molecule has 0 aromatic rings. The summed E-state index contributed by atoms with van der Waals surface area (Å²) in [5, 5.41) is 3.19. The van der Waals surface area contributed by atoms with Crippen LogP contribution in [0.3, 0.4) is 0 Å². The molecule has 0 rings (SSSR count). The SMILES string of the molecule is C=CCC#CC(/C=C\CN)NCC=C. The van der Waals surface area contributed by atoms with Crippen molar-refractivity contribution in [2.24, 2.45) is 5.73 Å². The molecular formula is C12H18N2. The van der Waals surface area contributed by atoms with Crippen molar-refractivity contribution >= 4 is 0 Å². The predicted molar refractivity (Wildman–Crippen MR) is 62.8 cm³/mol. The van der Waals surface area contributed by atoms with Gasteiger partial charge in [-0.3, -0.25) is 5.32 Å². The van der Waals surface area contributed by atoms with Gasteiger partial charge in [0.05, 0.1) is 6.04 Å². The molecule has 0 aliphatic carbocycles. The van der Waals surface area contributed by atoms with E-state index in [0.717, 1.165) is 6.54 Å². The van der Waals surface area contributed by atoms with Gasteiger partial charge in [-0.05, 0) is 0 Å². The third kappa shape index (κ3) is 7.35. The van der Waals surface area contributed by atoms with Crippen LogP contribution in [0.25, 0.3) is 0 Å². The Morgan fingerprint density at radius 3 is 2.71 bits per heavy atom. The van der Waals surface area contributed by atoms with E-state index < -0.39 is 0 Å². The lowest BCUT2D eigenvalue weighted by atomic mass is 10.2. The molecule has 0 amide bonds. The molecule has 0 fully saturated rings. The number of nitrogens with two attached hydrogens (primary N) is 1. The highest BCUT2D eigenvalue weighted by Crippen LogP contribution is 1.85. The van der Waals surface area contributed by atoms with Crippen LogP contribution in [-0.4, -0.2) is 19.1 Å². The first-order valence-electron chi connectivity index (χ1n) is 4.65. The first-order chi connectivity index (χ1) is 6.85. The molecule has 1 unspecified atom stereocenters. The smallest absolute Gasteiger partial charge is 0.0878 e. The van der Waals surface area contributed by atoms with Gasteiger partial charge < -0.3 is 5.73 Å². The van der Waals surface area contributed by atoms with Gasteiger partial charge >= 0.3 is 0 Å². The molecule has 76 valence electrons. The van der Waals surface area contributed by atoms with E-state index in [1.165, 1.54) is 0 Å². The van der Waals surface area contributed by atoms with Crippen LogP contribution in [0.1, 0.15) is 6.42 Å². The molecule has 2 heteroatoms. The fourth-order valence-electron chi connectivity index (χ4n) is 0.833. The second kappa shape index (κ2) is 9.79. The molecule has 0 aromatic heterocycles. The van der Waals surface area contributed by atoms with E-state index in [-0.39, 0.29) is 6.04 Å². The minimum absolute atomic E-state index is 0.0523. The molecule has 0 heterocycles. The number of hydrogen-bond donors (Lipinski definition) is 2. The van der Waals surface area contributed by atoms with Crippen LogP contribution < -0.4 is 11.1 Å². The standard InChI is InChI=1S/C12H18N2/c1-3-5-6-8-12(9-7-10-13)14-11-4-2/h3-4,7,9,12,14H,1-2,5,10-11,13H2/b9-7-. The van der Waals surface area contributed by atoms with Crippen LogP contribution in [0.2, 0.25) is 0 Å². The van der Waals surface area contributed by atoms with Crippen molar-refractivity contribution in [2.45, 2.75) is 12.5 Å². The van der Waals surface area contributed by atoms with Gasteiger partial charge in [-0.15, -0.1) is 13.2 Å². The van der Waals surface area contributed by atoms with Crippen molar-refractivity contribution in [3.8, 4) is 11.8 Å². The minimum atomic E-state index is 0.0523. The van der Waals surface area contributed by atoms with E-state index in [2.05, 4.69) is 30.3 Å². The Balaban J connectivity index is 4.10. The molecule has 0 saturated carbocycles. The van der Waals surface area contributed by atoms with E-state index in [9.17, 15) is 0 Å². The quantitative estimate of drug-likeness (QED) is 0.488. The van der Waals surface area contributed by atoms with Crippen LogP contribution in [-0.2, 0) is 0 Å². The molecule has 3 N–H and O–H groups in total. The van der Waals surface area contributed by atoms with E-state index in [0.29, 0.717) is 13.0 Å². The van der Waals surface area contributed by atoms with Gasteiger partial charge in [-0.2, -0.15) is 0 Å². The lowest BCUT2D eigenvalue weighted by Crippen LogP contribution is -2.25. The number of allylic oxidation sites excluding steroid dienone is 1. The summed E-state index contributed by atoms with van der Waals surface area (Å²) in [7, 11) is 0. The topological polar surface area (TPSA) is 38.0 Å². The van der Waals surface area contributed by atoms with Crippen molar-refractivity contribution in [2.75, 3.05) is 13.1 Å². The zero-order chi connectivity index (χ0) is 10.6. The molecule has 0 saturated heterocycles. The summed E-state index contributed by atoms with van der Waals surface area (Å²) < 4.78 is 0. The Bertz CT molecular complexity index is 243. The summed E-state index contributed by atoms with van der Waals surface area (Å²) in [6.45, 7) is 8.51. The van der Waals surface area contributed by atoms with E-state index in [1.54, 1.807) is 12.2 Å². The van der Waals surface area contributed by atoms with Crippen LogP contribution in [0.15, 0.2) is 37.5 Å². The first-order valence-corrected chi connectivity index (χ1v) is 4.65. The molecule has 2 nitrogen and oxygen atoms in total. The maximum absolute atomic E-state index is 5.36. The van der Waals surface area contributed by atoms with Crippen molar-refractivity contribution in [3.63, 3.8) is 0 Å². The highest BCUT2D eigenvalue weighted by molar-refractivity contribution is 5.17. The summed E-state index contributed by atoms with van der Waals surface area (Å²) in [6.07, 6.45) is 8.15. The minimum Gasteiger partial charge on any atom is -0.327 e. The van der Waals surface area contributed by atoms with Crippen molar-refractivity contribution in [3.05, 3.63) is 37.5 Å². The Hall–Kier alpha value is -1.30. The molecule has 0 aromatic carbocycles. The molecule has 14 heavy (non-hydrogen) atoms. The monoisotopic (exact) mass is 190 g/mol. The normalized spacial score (nSPS) is 11.8. The maximum Gasteiger partial charge on any atom is 0.0878 e. The van der Waals surface area contributed by atoms with E-state index in [1.807, 2.05) is 12.2 Å². The zero-order valence-electron chi connectivity index (χ0n) is 8.50. The highest BCUT2D eigenvalue weighted by Gasteiger charge is 1.94. The largest absolute Gasteiger partial charge is 0.327 e. The van der Waals surface area contributed by atoms with Gasteiger partial charge in [0.1, 0.15) is 0 Å². The van der Waals surface area contributed by atoms with Crippen LogP contribution in [0.4, 0.5) is 0 Å². The lowest BCUT2D eigenvalue weighted by molar-refractivity contribution is 0.753. The Morgan fingerprint density at radius 1 is 1.36 bits per heavy atom. The molecule has 0 spiro atoms. The average Bonchev–Trinajstić information content (AvgIpc) is 2.21. The molecule has 1 atom stereocenters. The number of rotatable bonds is 6. The Kier molecular flexibility index (Phi) is 8.88. The van der Waals surface area contributed by atoms with Gasteiger partial charge in [0.25, 0.3) is 0 Å². The summed E-state index contributed by atoms with van der Waals surface area (Å²) in [5.41, 5.74) is 5.36. The van der Waals surface area contributed by atoms with Crippen LogP contribution >= 0.6 is 0 Å². The maximum atomic E-state index is 5.36. The van der Waals surface area contributed by atoms with Crippen molar-refractivity contribution in [1.29, 1.82) is 0 Å². The lowest BCUT2D eigenvalue weighted by Gasteiger charge is -2.05. The fraction of sp³-hybridized carbons (Fsp3) is 0.333. The van der Waals surface area contributed by atoms with Crippen LogP contribution in [0, 0.1) is 11.8 Å². The third-order valence-electron chi connectivity index (χ3n) is 1.45. The van der Waals surface area contributed by atoms with Gasteiger partial charge in [0, 0.05) is 19.5 Å². The summed E-state index contributed by atoms with van der Waals surface area (Å²) >= 11 is 0. The summed E-state index contributed by atoms with van der Waals surface area (Å²) in [6, 6.07) is 0.0523. The van der Waals surface area contributed by atoms with Gasteiger partial charge in [0.15, 0.2) is 0 Å². The average molecular weight is 190 g/mol.